The lowest BCUT2D eigenvalue weighted by molar-refractivity contribution is 0.252. The zero-order valence-corrected chi connectivity index (χ0v) is 17.7. The van der Waals surface area contributed by atoms with E-state index in [4.69, 9.17) is 9.51 Å². The summed E-state index contributed by atoms with van der Waals surface area (Å²) < 4.78 is 8.06. The Kier molecular flexibility index (Phi) is 6.02. The summed E-state index contributed by atoms with van der Waals surface area (Å²) in [4.78, 5) is 7.08. The first-order valence-corrected chi connectivity index (χ1v) is 11.0. The molecule has 0 amide bonds. The van der Waals surface area contributed by atoms with E-state index in [1.54, 1.807) is 0 Å². The van der Waals surface area contributed by atoms with Crippen LogP contribution < -0.4 is 0 Å². The molecule has 1 saturated heterocycles. The molecule has 5 nitrogen and oxygen atoms in total. The van der Waals surface area contributed by atoms with Crippen molar-refractivity contribution in [3.8, 4) is 11.4 Å². The summed E-state index contributed by atoms with van der Waals surface area (Å²) in [5.74, 6) is 1.39. The number of unbranched alkanes of at least 4 members (excludes halogenated alkanes) is 4. The molecule has 0 radical (unpaired) electrons. The molecule has 5 heteroatoms. The molecule has 2 aromatic heterocycles. The minimum Gasteiger partial charge on any atom is -0.364 e. The molecule has 3 heterocycles. The van der Waals surface area contributed by atoms with Gasteiger partial charge in [-0.3, -0.25) is 0 Å². The number of benzene rings is 1. The predicted molar refractivity (Wildman–Crippen MR) is 117 cm³/mol. The first-order chi connectivity index (χ1) is 14.2. The van der Waals surface area contributed by atoms with Gasteiger partial charge in [-0.25, -0.2) is 0 Å². The van der Waals surface area contributed by atoms with Gasteiger partial charge >= 0.3 is 0 Å². The van der Waals surface area contributed by atoms with Crippen molar-refractivity contribution in [2.75, 3.05) is 6.54 Å². The SMILES string of the molecule is C=C(C)N1CCC[C@H]1c1nc(-c2cn(CCCCCCC)c3ccccc23)no1. The minimum absolute atomic E-state index is 0.153. The average molecular weight is 393 g/mol. The van der Waals surface area contributed by atoms with Crippen LogP contribution in [0.3, 0.4) is 0 Å². The number of rotatable bonds is 9. The maximum absolute atomic E-state index is 5.71. The molecular formula is C24H32N4O. The van der Waals surface area contributed by atoms with Crippen LogP contribution in [-0.4, -0.2) is 26.2 Å². The van der Waals surface area contributed by atoms with E-state index < -0.39 is 0 Å². The lowest BCUT2D eigenvalue weighted by Crippen LogP contribution is -2.20. The lowest BCUT2D eigenvalue weighted by Gasteiger charge is -2.23. The van der Waals surface area contributed by atoms with Gasteiger partial charge in [0.05, 0.1) is 0 Å². The molecule has 1 aliphatic heterocycles. The molecule has 29 heavy (non-hydrogen) atoms. The highest BCUT2D eigenvalue weighted by molar-refractivity contribution is 5.94. The van der Waals surface area contributed by atoms with E-state index >= 15 is 0 Å². The number of para-hydroxylation sites is 1. The molecule has 1 aliphatic rings. The van der Waals surface area contributed by atoms with Gasteiger partial charge in [-0.05, 0) is 32.3 Å². The van der Waals surface area contributed by atoms with Crippen LogP contribution in [0.2, 0.25) is 0 Å². The van der Waals surface area contributed by atoms with Gasteiger partial charge < -0.3 is 14.0 Å². The zero-order chi connectivity index (χ0) is 20.2. The summed E-state index contributed by atoms with van der Waals surface area (Å²) >= 11 is 0. The Morgan fingerprint density at radius 2 is 2.03 bits per heavy atom. The van der Waals surface area contributed by atoms with E-state index in [1.807, 2.05) is 6.92 Å². The average Bonchev–Trinajstić information content (AvgIpc) is 3.45. The maximum atomic E-state index is 5.71. The van der Waals surface area contributed by atoms with Crippen LogP contribution in [0.5, 0.6) is 0 Å². The summed E-state index contributed by atoms with van der Waals surface area (Å²) in [5, 5.41) is 5.54. The normalized spacial score (nSPS) is 16.8. The van der Waals surface area contributed by atoms with Gasteiger partial charge in [0.1, 0.15) is 6.04 Å². The summed E-state index contributed by atoms with van der Waals surface area (Å²) in [5.41, 5.74) is 3.37. The van der Waals surface area contributed by atoms with Gasteiger partial charge in [-0.15, -0.1) is 0 Å². The summed E-state index contributed by atoms with van der Waals surface area (Å²) in [6.45, 7) is 10.4. The Bertz CT molecular complexity index is 970. The number of nitrogens with zero attached hydrogens (tertiary/aromatic N) is 4. The van der Waals surface area contributed by atoms with Crippen molar-refractivity contribution in [2.45, 2.75) is 71.4 Å². The van der Waals surface area contributed by atoms with Gasteiger partial charge in [0, 0.05) is 41.4 Å². The Hall–Kier alpha value is -2.56. The minimum atomic E-state index is 0.153. The van der Waals surface area contributed by atoms with Gasteiger partial charge in [0.15, 0.2) is 0 Å². The number of allylic oxidation sites excluding steroid dienone is 1. The molecule has 0 unspecified atom stereocenters. The van der Waals surface area contributed by atoms with Gasteiger partial charge in [-0.2, -0.15) is 4.98 Å². The maximum Gasteiger partial charge on any atom is 0.249 e. The molecule has 154 valence electrons. The van der Waals surface area contributed by atoms with Crippen LogP contribution >= 0.6 is 0 Å². The largest absolute Gasteiger partial charge is 0.364 e. The predicted octanol–water partition coefficient (Wildman–Crippen LogP) is 6.33. The van der Waals surface area contributed by atoms with Gasteiger partial charge in [-0.1, -0.05) is 62.5 Å². The topological polar surface area (TPSA) is 47.1 Å². The molecule has 0 spiro atoms. The van der Waals surface area contributed by atoms with Crippen LogP contribution in [0, 0.1) is 0 Å². The number of likely N-dealkylation sites (tertiary alicyclic amines) is 1. The van der Waals surface area contributed by atoms with Crippen molar-refractivity contribution in [3.63, 3.8) is 0 Å². The molecule has 3 aromatic rings. The second-order valence-electron chi connectivity index (χ2n) is 8.21. The molecule has 1 atom stereocenters. The highest BCUT2D eigenvalue weighted by atomic mass is 16.5. The van der Waals surface area contributed by atoms with E-state index in [-0.39, 0.29) is 6.04 Å². The molecule has 0 bridgehead atoms. The van der Waals surface area contributed by atoms with Gasteiger partial charge in [0.25, 0.3) is 0 Å². The van der Waals surface area contributed by atoms with E-state index in [1.165, 1.54) is 43.0 Å². The third kappa shape index (κ3) is 4.09. The molecule has 0 saturated carbocycles. The van der Waals surface area contributed by atoms with E-state index in [0.717, 1.165) is 37.2 Å². The van der Waals surface area contributed by atoms with Crippen LogP contribution in [0.15, 0.2) is 47.3 Å². The van der Waals surface area contributed by atoms with E-state index in [9.17, 15) is 0 Å². The number of hydrogen-bond acceptors (Lipinski definition) is 4. The monoisotopic (exact) mass is 392 g/mol. The Morgan fingerprint density at radius 3 is 2.86 bits per heavy atom. The fraction of sp³-hybridized carbons (Fsp3) is 0.500. The smallest absolute Gasteiger partial charge is 0.249 e. The highest BCUT2D eigenvalue weighted by Crippen LogP contribution is 2.35. The zero-order valence-electron chi connectivity index (χ0n) is 17.7. The molecule has 4 rings (SSSR count). The van der Waals surface area contributed by atoms with Gasteiger partial charge in [0.2, 0.25) is 11.7 Å². The van der Waals surface area contributed by atoms with Crippen LogP contribution in [-0.2, 0) is 6.54 Å². The van der Waals surface area contributed by atoms with Crippen LogP contribution in [0.4, 0.5) is 0 Å². The summed E-state index contributed by atoms with van der Waals surface area (Å²) in [7, 11) is 0. The fourth-order valence-corrected chi connectivity index (χ4v) is 4.46. The first-order valence-electron chi connectivity index (χ1n) is 11.0. The van der Waals surface area contributed by atoms with Crippen molar-refractivity contribution in [2.24, 2.45) is 0 Å². The number of hydrogen-bond donors (Lipinski definition) is 0. The lowest BCUT2D eigenvalue weighted by atomic mass is 10.1. The van der Waals surface area contributed by atoms with E-state index in [2.05, 4.69) is 58.6 Å². The second-order valence-corrected chi connectivity index (χ2v) is 8.21. The second kappa shape index (κ2) is 8.85. The Morgan fingerprint density at radius 1 is 1.21 bits per heavy atom. The quantitative estimate of drug-likeness (QED) is 0.399. The Labute approximate surface area is 173 Å². The molecule has 1 aromatic carbocycles. The van der Waals surface area contributed by atoms with Crippen molar-refractivity contribution in [3.05, 3.63) is 48.6 Å². The highest BCUT2D eigenvalue weighted by Gasteiger charge is 2.30. The molecule has 0 aliphatic carbocycles. The third-order valence-corrected chi connectivity index (χ3v) is 6.00. The Balaban J connectivity index is 1.58. The number of aromatic nitrogens is 3. The third-order valence-electron chi connectivity index (χ3n) is 6.00. The molecular weight excluding hydrogens is 360 g/mol. The number of fused-ring (bicyclic) bond motifs is 1. The molecule has 1 fully saturated rings. The van der Waals surface area contributed by atoms with Crippen molar-refractivity contribution >= 4 is 10.9 Å². The van der Waals surface area contributed by atoms with Crippen LogP contribution in [0.25, 0.3) is 22.3 Å². The number of aryl methyl sites for hydroxylation is 1. The summed E-state index contributed by atoms with van der Waals surface area (Å²) in [6, 6.07) is 8.68. The van der Waals surface area contributed by atoms with Crippen molar-refractivity contribution in [1.29, 1.82) is 0 Å². The van der Waals surface area contributed by atoms with Crippen molar-refractivity contribution < 1.29 is 4.52 Å². The van der Waals surface area contributed by atoms with E-state index in [0.29, 0.717) is 11.7 Å². The summed E-state index contributed by atoms with van der Waals surface area (Å²) in [6.07, 6.45) is 10.8. The first kappa shape index (κ1) is 19.7. The standard InChI is InChI=1S/C24H32N4O/c1-4-5-6-7-10-15-27-17-20(19-12-8-9-13-21(19)27)23-25-24(29-26-23)22-14-11-16-28(22)18(2)3/h8-9,12-13,17,22H,2,4-7,10-11,14-16H2,1,3H3/t22-/m0/s1. The molecule has 0 N–H and O–H groups in total. The van der Waals surface area contributed by atoms with Crippen molar-refractivity contribution in [1.82, 2.24) is 19.6 Å². The fourth-order valence-electron chi connectivity index (χ4n) is 4.46. The van der Waals surface area contributed by atoms with Crippen LogP contribution in [0.1, 0.15) is 70.7 Å².